The van der Waals surface area contributed by atoms with E-state index < -0.39 is 4.92 Å². The van der Waals surface area contributed by atoms with Gasteiger partial charge in [0.2, 0.25) is 0 Å². The van der Waals surface area contributed by atoms with Crippen molar-refractivity contribution < 1.29 is 9.31 Å². The quantitative estimate of drug-likeness (QED) is 0.536. The van der Waals surface area contributed by atoms with E-state index in [1.807, 2.05) is 4.90 Å². The standard InChI is InChI=1S/C17H15Cl2FN2O2/c18-12-4-5-13(15(20)10-12)11-6-8-21(9-7-11)17-14(19)2-1-3-16(17)22(23)24/h1-5,10-11H,6-9H2. The summed E-state index contributed by atoms with van der Waals surface area (Å²) in [4.78, 5) is 12.7. The van der Waals surface area contributed by atoms with Gasteiger partial charge in [0, 0.05) is 24.2 Å². The summed E-state index contributed by atoms with van der Waals surface area (Å²) in [6, 6.07) is 9.39. The highest BCUT2D eigenvalue weighted by molar-refractivity contribution is 6.33. The molecule has 1 fully saturated rings. The van der Waals surface area contributed by atoms with Crippen LogP contribution < -0.4 is 4.90 Å². The summed E-state index contributed by atoms with van der Waals surface area (Å²) in [5.74, 6) is -0.232. The minimum atomic E-state index is -0.424. The van der Waals surface area contributed by atoms with Gasteiger partial charge >= 0.3 is 0 Å². The van der Waals surface area contributed by atoms with Gasteiger partial charge in [0.25, 0.3) is 5.69 Å². The Morgan fingerprint density at radius 1 is 1.17 bits per heavy atom. The number of nitro benzene ring substituents is 1. The van der Waals surface area contributed by atoms with Gasteiger partial charge in [-0.05, 0) is 42.5 Å². The van der Waals surface area contributed by atoms with Crippen LogP contribution in [0, 0.1) is 15.9 Å². The molecule has 1 aliphatic heterocycles. The van der Waals surface area contributed by atoms with E-state index in [4.69, 9.17) is 23.2 Å². The maximum atomic E-state index is 14.1. The van der Waals surface area contributed by atoms with E-state index in [-0.39, 0.29) is 17.4 Å². The van der Waals surface area contributed by atoms with Crippen molar-refractivity contribution in [1.82, 2.24) is 0 Å². The Morgan fingerprint density at radius 3 is 2.50 bits per heavy atom. The summed E-state index contributed by atoms with van der Waals surface area (Å²) in [6.45, 7) is 1.16. The fourth-order valence-corrected chi connectivity index (χ4v) is 3.66. The molecule has 24 heavy (non-hydrogen) atoms. The van der Waals surface area contributed by atoms with Crippen LogP contribution in [-0.2, 0) is 0 Å². The molecule has 0 amide bonds. The van der Waals surface area contributed by atoms with Crippen LogP contribution in [0.15, 0.2) is 36.4 Å². The Balaban J connectivity index is 1.80. The zero-order valence-electron chi connectivity index (χ0n) is 12.7. The van der Waals surface area contributed by atoms with Crippen molar-refractivity contribution in [3.8, 4) is 0 Å². The number of para-hydroxylation sites is 1. The Hall–Kier alpha value is -1.85. The smallest absolute Gasteiger partial charge is 0.294 e. The second-order valence-corrected chi connectivity index (χ2v) is 6.64. The highest BCUT2D eigenvalue weighted by Crippen LogP contribution is 2.39. The van der Waals surface area contributed by atoms with Crippen LogP contribution in [0.25, 0.3) is 0 Å². The first-order valence-corrected chi connectivity index (χ1v) is 8.35. The largest absolute Gasteiger partial charge is 0.365 e. The van der Waals surface area contributed by atoms with Crippen molar-refractivity contribution in [3.05, 3.63) is 67.9 Å². The van der Waals surface area contributed by atoms with Gasteiger partial charge in [-0.3, -0.25) is 10.1 Å². The number of halogens is 3. The molecular weight excluding hydrogens is 354 g/mol. The number of anilines is 1. The molecule has 0 spiro atoms. The Morgan fingerprint density at radius 2 is 1.88 bits per heavy atom. The van der Waals surface area contributed by atoms with E-state index in [1.165, 1.54) is 12.1 Å². The SMILES string of the molecule is O=[N+]([O-])c1cccc(Cl)c1N1CCC(c2ccc(Cl)cc2F)CC1. The summed E-state index contributed by atoms with van der Waals surface area (Å²) in [5, 5.41) is 12.0. The van der Waals surface area contributed by atoms with Gasteiger partial charge in [-0.15, -0.1) is 0 Å². The van der Waals surface area contributed by atoms with Crippen LogP contribution in [0.4, 0.5) is 15.8 Å². The molecule has 0 aromatic heterocycles. The molecule has 0 saturated carbocycles. The molecule has 0 N–H and O–H groups in total. The van der Waals surface area contributed by atoms with Crippen molar-refractivity contribution in [1.29, 1.82) is 0 Å². The van der Waals surface area contributed by atoms with Gasteiger partial charge in [-0.2, -0.15) is 0 Å². The molecule has 4 nitrogen and oxygen atoms in total. The van der Waals surface area contributed by atoms with Crippen molar-refractivity contribution in [2.24, 2.45) is 0 Å². The van der Waals surface area contributed by atoms with Gasteiger partial charge in [-0.1, -0.05) is 35.3 Å². The zero-order chi connectivity index (χ0) is 17.3. The second-order valence-electron chi connectivity index (χ2n) is 5.79. The monoisotopic (exact) mass is 368 g/mol. The predicted octanol–water partition coefficient (Wildman–Crippen LogP) is 5.42. The van der Waals surface area contributed by atoms with Gasteiger partial charge in [0.15, 0.2) is 0 Å². The molecule has 2 aromatic carbocycles. The topological polar surface area (TPSA) is 46.4 Å². The van der Waals surface area contributed by atoms with Crippen LogP contribution in [0.1, 0.15) is 24.3 Å². The summed E-state index contributed by atoms with van der Waals surface area (Å²) in [5.41, 5.74) is 1.09. The maximum absolute atomic E-state index is 14.1. The lowest BCUT2D eigenvalue weighted by atomic mass is 9.89. The van der Waals surface area contributed by atoms with E-state index in [9.17, 15) is 14.5 Å². The maximum Gasteiger partial charge on any atom is 0.294 e. The molecule has 1 aliphatic rings. The highest BCUT2D eigenvalue weighted by Gasteiger charge is 2.28. The lowest BCUT2D eigenvalue weighted by Crippen LogP contribution is -2.33. The zero-order valence-corrected chi connectivity index (χ0v) is 14.2. The number of rotatable bonds is 3. The number of hydrogen-bond donors (Lipinski definition) is 0. The van der Waals surface area contributed by atoms with Gasteiger partial charge in [0.05, 0.1) is 9.95 Å². The average molecular weight is 369 g/mol. The average Bonchev–Trinajstić information content (AvgIpc) is 2.55. The third-order valence-corrected chi connectivity index (χ3v) is 4.92. The Bertz CT molecular complexity index is 777. The molecule has 1 saturated heterocycles. The van der Waals surface area contributed by atoms with Crippen molar-refractivity contribution >= 4 is 34.6 Å². The van der Waals surface area contributed by atoms with Gasteiger partial charge in [-0.25, -0.2) is 4.39 Å². The minimum absolute atomic E-state index is 0.00127. The van der Waals surface area contributed by atoms with Crippen molar-refractivity contribution in [2.45, 2.75) is 18.8 Å². The summed E-state index contributed by atoms with van der Waals surface area (Å²) >= 11 is 12.0. The van der Waals surface area contributed by atoms with E-state index in [2.05, 4.69) is 0 Å². The Labute approximate surface area is 148 Å². The number of nitrogens with zero attached hydrogens (tertiary/aromatic N) is 2. The molecule has 7 heteroatoms. The first kappa shape index (κ1) is 17.0. The number of benzene rings is 2. The van der Waals surface area contributed by atoms with E-state index >= 15 is 0 Å². The molecule has 0 aliphatic carbocycles. The van der Waals surface area contributed by atoms with Crippen molar-refractivity contribution in [3.63, 3.8) is 0 Å². The van der Waals surface area contributed by atoms with Crippen molar-refractivity contribution in [2.75, 3.05) is 18.0 Å². The third-order valence-electron chi connectivity index (χ3n) is 4.38. The summed E-state index contributed by atoms with van der Waals surface area (Å²) in [6.07, 6.45) is 1.39. The second kappa shape index (κ2) is 6.95. The van der Waals surface area contributed by atoms with Crippen LogP contribution in [-0.4, -0.2) is 18.0 Å². The first-order chi connectivity index (χ1) is 11.5. The van der Waals surface area contributed by atoms with Gasteiger partial charge in [0.1, 0.15) is 11.5 Å². The molecule has 0 bridgehead atoms. The lowest BCUT2D eigenvalue weighted by Gasteiger charge is -2.34. The van der Waals surface area contributed by atoms with Crippen LogP contribution in [0.5, 0.6) is 0 Å². The third kappa shape index (κ3) is 3.32. The number of piperidine rings is 1. The molecule has 126 valence electrons. The summed E-state index contributed by atoms with van der Waals surface area (Å²) in [7, 11) is 0. The fourth-order valence-electron chi connectivity index (χ4n) is 3.21. The normalized spacial score (nSPS) is 15.5. The fraction of sp³-hybridized carbons (Fsp3) is 0.294. The van der Waals surface area contributed by atoms with Gasteiger partial charge < -0.3 is 4.90 Å². The van der Waals surface area contributed by atoms with Crippen LogP contribution >= 0.6 is 23.2 Å². The predicted molar refractivity (Wildman–Crippen MR) is 93.7 cm³/mol. The molecule has 1 heterocycles. The first-order valence-electron chi connectivity index (χ1n) is 7.60. The Kier molecular flexibility index (Phi) is 4.92. The molecule has 2 aromatic rings. The van der Waals surface area contributed by atoms with E-state index in [0.717, 1.165) is 0 Å². The number of hydrogen-bond acceptors (Lipinski definition) is 3. The van der Waals surface area contributed by atoms with E-state index in [0.29, 0.717) is 47.2 Å². The molecular formula is C17H15Cl2FN2O2. The van der Waals surface area contributed by atoms with Crippen LogP contribution in [0.3, 0.4) is 0 Å². The lowest BCUT2D eigenvalue weighted by molar-refractivity contribution is -0.384. The summed E-state index contributed by atoms with van der Waals surface area (Å²) < 4.78 is 14.1. The molecule has 0 radical (unpaired) electrons. The molecule has 0 unspecified atom stereocenters. The minimum Gasteiger partial charge on any atom is -0.365 e. The number of nitro groups is 1. The van der Waals surface area contributed by atoms with Crippen LogP contribution in [0.2, 0.25) is 10.0 Å². The van der Waals surface area contributed by atoms with E-state index in [1.54, 1.807) is 24.3 Å². The molecule has 0 atom stereocenters. The highest BCUT2D eigenvalue weighted by atomic mass is 35.5. The molecule has 3 rings (SSSR count).